The van der Waals surface area contributed by atoms with E-state index in [1.54, 1.807) is 0 Å². The Bertz CT molecular complexity index is 593. The summed E-state index contributed by atoms with van der Waals surface area (Å²) in [7, 11) is 1.44. The van der Waals surface area contributed by atoms with Gasteiger partial charge in [-0.05, 0) is 12.1 Å². The van der Waals surface area contributed by atoms with Crippen molar-refractivity contribution in [2.45, 2.75) is 0 Å². The van der Waals surface area contributed by atoms with Gasteiger partial charge in [0, 0.05) is 24.2 Å². The topological polar surface area (TPSA) is 55.1 Å². The summed E-state index contributed by atoms with van der Waals surface area (Å²) in [6, 6.07) is 2.96. The molecule has 0 spiro atoms. The molecule has 0 fully saturated rings. The Kier molecular flexibility index (Phi) is 2.63. The average molecular weight is 238 g/mol. The number of carbonyl (C=O) groups is 1. The molecule has 0 aliphatic heterocycles. The van der Waals surface area contributed by atoms with Gasteiger partial charge in [-0.2, -0.15) is 5.10 Å². The second-order valence-corrected chi connectivity index (χ2v) is 3.46. The molecule has 0 amide bonds. The van der Waals surface area contributed by atoms with E-state index in [0.717, 1.165) is 10.7 Å². The number of aryl methyl sites for hydroxylation is 1. The molecule has 1 heterocycles. The summed E-state index contributed by atoms with van der Waals surface area (Å²) in [6.07, 6.45) is 1.24. The molecule has 0 atom stereocenters. The molecule has 1 aromatic carbocycles. The number of hydrogen-bond donors (Lipinski definition) is 1. The molecule has 1 N–H and O–H groups in total. The van der Waals surface area contributed by atoms with Crippen LogP contribution in [0.15, 0.2) is 24.4 Å². The SMILES string of the molecule is Cn1ncc(-c2ccc(F)cc2F)c1C(=O)O. The smallest absolute Gasteiger partial charge is 0.354 e. The van der Waals surface area contributed by atoms with Crippen LogP contribution in [-0.2, 0) is 7.05 Å². The molecule has 17 heavy (non-hydrogen) atoms. The van der Waals surface area contributed by atoms with Gasteiger partial charge in [0.25, 0.3) is 0 Å². The van der Waals surface area contributed by atoms with Gasteiger partial charge >= 0.3 is 5.97 Å². The fourth-order valence-electron chi connectivity index (χ4n) is 1.60. The Balaban J connectivity index is 2.65. The van der Waals surface area contributed by atoms with Crippen molar-refractivity contribution < 1.29 is 18.7 Å². The van der Waals surface area contributed by atoms with Gasteiger partial charge in [0.15, 0.2) is 5.69 Å². The van der Waals surface area contributed by atoms with Crippen molar-refractivity contribution in [1.29, 1.82) is 0 Å². The second kappa shape index (κ2) is 3.97. The Morgan fingerprint density at radius 3 is 2.65 bits per heavy atom. The number of carboxylic acids is 1. The van der Waals surface area contributed by atoms with Gasteiger partial charge in [-0.15, -0.1) is 0 Å². The molecule has 6 heteroatoms. The molecule has 0 saturated heterocycles. The van der Waals surface area contributed by atoms with Crippen LogP contribution < -0.4 is 0 Å². The van der Waals surface area contributed by atoms with Crippen LogP contribution in [0.3, 0.4) is 0 Å². The fraction of sp³-hybridized carbons (Fsp3) is 0.0909. The first-order valence-corrected chi connectivity index (χ1v) is 4.71. The van der Waals surface area contributed by atoms with Crippen molar-refractivity contribution in [3.8, 4) is 11.1 Å². The zero-order chi connectivity index (χ0) is 12.6. The van der Waals surface area contributed by atoms with Crippen LogP contribution in [0.25, 0.3) is 11.1 Å². The quantitative estimate of drug-likeness (QED) is 0.871. The minimum atomic E-state index is -1.22. The first-order chi connectivity index (χ1) is 8.00. The molecule has 88 valence electrons. The van der Waals surface area contributed by atoms with Crippen molar-refractivity contribution >= 4 is 5.97 Å². The molecule has 0 saturated carbocycles. The largest absolute Gasteiger partial charge is 0.477 e. The molecule has 0 aliphatic carbocycles. The van der Waals surface area contributed by atoms with Crippen molar-refractivity contribution in [1.82, 2.24) is 9.78 Å². The Hall–Kier alpha value is -2.24. The second-order valence-electron chi connectivity index (χ2n) is 3.46. The van der Waals surface area contributed by atoms with Gasteiger partial charge in [0.05, 0.1) is 6.20 Å². The maximum atomic E-state index is 13.5. The first-order valence-electron chi connectivity index (χ1n) is 4.71. The summed E-state index contributed by atoms with van der Waals surface area (Å²) >= 11 is 0. The van der Waals surface area contributed by atoms with Gasteiger partial charge in [0.2, 0.25) is 0 Å². The number of aromatic carboxylic acids is 1. The van der Waals surface area contributed by atoms with Crippen molar-refractivity contribution in [3.63, 3.8) is 0 Å². The number of benzene rings is 1. The minimum absolute atomic E-state index is 0.0110. The van der Waals surface area contributed by atoms with E-state index in [-0.39, 0.29) is 16.8 Å². The maximum Gasteiger partial charge on any atom is 0.354 e. The number of aromatic nitrogens is 2. The van der Waals surface area contributed by atoms with E-state index in [1.807, 2.05) is 0 Å². The Morgan fingerprint density at radius 1 is 1.35 bits per heavy atom. The van der Waals surface area contributed by atoms with Crippen LogP contribution in [0.2, 0.25) is 0 Å². The number of nitrogens with zero attached hydrogens (tertiary/aromatic N) is 2. The lowest BCUT2D eigenvalue weighted by Crippen LogP contribution is -2.07. The van der Waals surface area contributed by atoms with Crippen LogP contribution in [0.5, 0.6) is 0 Å². The summed E-state index contributed by atoms with van der Waals surface area (Å²) in [5.74, 6) is -2.75. The summed E-state index contributed by atoms with van der Waals surface area (Å²) in [5, 5.41) is 12.7. The van der Waals surface area contributed by atoms with E-state index < -0.39 is 17.6 Å². The van der Waals surface area contributed by atoms with Gasteiger partial charge in [-0.25, -0.2) is 13.6 Å². The third-order valence-electron chi connectivity index (χ3n) is 2.36. The molecular formula is C11H8F2N2O2. The van der Waals surface area contributed by atoms with Gasteiger partial charge in [-0.3, -0.25) is 4.68 Å². The van der Waals surface area contributed by atoms with Crippen molar-refractivity contribution in [2.24, 2.45) is 7.05 Å². The van der Waals surface area contributed by atoms with Crippen LogP contribution >= 0.6 is 0 Å². The predicted molar refractivity (Wildman–Crippen MR) is 55.5 cm³/mol. The lowest BCUT2D eigenvalue weighted by Gasteiger charge is -2.03. The standard InChI is InChI=1S/C11H8F2N2O2/c1-15-10(11(16)17)8(5-14-15)7-3-2-6(12)4-9(7)13/h2-5H,1H3,(H,16,17). The minimum Gasteiger partial charge on any atom is -0.477 e. The van der Waals surface area contributed by atoms with Gasteiger partial charge < -0.3 is 5.11 Å². The molecule has 0 aliphatic rings. The van der Waals surface area contributed by atoms with Crippen LogP contribution in [0.4, 0.5) is 8.78 Å². The Labute approximate surface area is 95.1 Å². The fourth-order valence-corrected chi connectivity index (χ4v) is 1.60. The van der Waals surface area contributed by atoms with E-state index in [2.05, 4.69) is 5.10 Å². The van der Waals surface area contributed by atoms with E-state index in [4.69, 9.17) is 5.11 Å². The number of rotatable bonds is 2. The molecule has 0 bridgehead atoms. The van der Waals surface area contributed by atoms with Crippen molar-refractivity contribution in [3.05, 3.63) is 41.7 Å². The third-order valence-corrected chi connectivity index (χ3v) is 2.36. The monoisotopic (exact) mass is 238 g/mol. The van der Waals surface area contributed by atoms with E-state index in [0.29, 0.717) is 6.07 Å². The predicted octanol–water partition coefficient (Wildman–Crippen LogP) is 2.06. The number of hydrogen-bond acceptors (Lipinski definition) is 2. The highest BCUT2D eigenvalue weighted by Crippen LogP contribution is 2.26. The van der Waals surface area contributed by atoms with Crippen LogP contribution in [-0.4, -0.2) is 20.9 Å². The molecule has 0 radical (unpaired) electrons. The Morgan fingerprint density at radius 2 is 2.06 bits per heavy atom. The average Bonchev–Trinajstić information content (AvgIpc) is 2.60. The normalized spacial score (nSPS) is 10.5. The van der Waals surface area contributed by atoms with Gasteiger partial charge in [-0.1, -0.05) is 0 Å². The molecule has 0 unspecified atom stereocenters. The zero-order valence-corrected chi connectivity index (χ0v) is 8.82. The molecular weight excluding hydrogens is 230 g/mol. The first kappa shape index (κ1) is 11.3. The third kappa shape index (κ3) is 1.89. The van der Waals surface area contributed by atoms with Gasteiger partial charge in [0.1, 0.15) is 11.6 Å². The van der Waals surface area contributed by atoms with E-state index in [1.165, 1.54) is 19.3 Å². The lowest BCUT2D eigenvalue weighted by atomic mass is 10.1. The molecule has 2 aromatic rings. The van der Waals surface area contributed by atoms with Crippen LogP contribution in [0, 0.1) is 11.6 Å². The molecule has 2 rings (SSSR count). The zero-order valence-electron chi connectivity index (χ0n) is 8.82. The summed E-state index contributed by atoms with van der Waals surface area (Å²) in [5.41, 5.74) is -0.00934. The number of halogens is 2. The van der Waals surface area contributed by atoms with E-state index in [9.17, 15) is 13.6 Å². The highest BCUT2D eigenvalue weighted by atomic mass is 19.1. The highest BCUT2D eigenvalue weighted by Gasteiger charge is 2.19. The van der Waals surface area contributed by atoms with E-state index >= 15 is 0 Å². The maximum absolute atomic E-state index is 13.5. The summed E-state index contributed by atoms with van der Waals surface area (Å²) in [6.45, 7) is 0. The lowest BCUT2D eigenvalue weighted by molar-refractivity contribution is 0.0686. The highest BCUT2D eigenvalue weighted by molar-refractivity contribution is 5.94. The van der Waals surface area contributed by atoms with Crippen molar-refractivity contribution in [2.75, 3.05) is 0 Å². The summed E-state index contributed by atoms with van der Waals surface area (Å²) < 4.78 is 27.4. The molecule has 4 nitrogen and oxygen atoms in total. The van der Waals surface area contributed by atoms with Crippen LogP contribution in [0.1, 0.15) is 10.5 Å². The molecule has 1 aromatic heterocycles. The summed E-state index contributed by atoms with van der Waals surface area (Å²) in [4.78, 5) is 11.0. The number of carboxylic acid groups (broad SMARTS) is 1.